The van der Waals surface area contributed by atoms with Crippen LogP contribution in [0.2, 0.25) is 0 Å². The molecule has 0 bridgehead atoms. The van der Waals surface area contributed by atoms with Crippen LogP contribution < -0.4 is 5.32 Å². The van der Waals surface area contributed by atoms with Crippen molar-refractivity contribution >= 4 is 33.2 Å². The van der Waals surface area contributed by atoms with Gasteiger partial charge in [-0.2, -0.15) is 0 Å². The first kappa shape index (κ1) is 42.9. The Bertz CT molecular complexity index is 3630. The number of anilines is 2. The molecule has 10 aromatic rings. The maximum atomic E-state index is 4.06. The smallest absolute Gasteiger partial charge is 0.0541 e. The van der Waals surface area contributed by atoms with E-state index in [1.165, 1.54) is 105 Å². The Hall–Kier alpha value is -7.42. The SMILES string of the molecule is CC(C)(C)c1cc(C(C)(C)C)c2c(c1)C(C)(C)c1ccc(-c3ccc(-n4c5ccccc5c5ccccc54)cc3)c(-c3ccccc3Nc3ccc4c(c3)C(C)(c3ccccc3)c3ccccc3-4)c1-2. The topological polar surface area (TPSA) is 17.0 Å². The highest BCUT2D eigenvalue weighted by Crippen LogP contribution is 2.59. The summed E-state index contributed by atoms with van der Waals surface area (Å²) in [4.78, 5) is 0. The first-order chi connectivity index (χ1) is 33.1. The molecule has 0 fully saturated rings. The van der Waals surface area contributed by atoms with Crippen molar-refractivity contribution in [3.05, 3.63) is 233 Å². The van der Waals surface area contributed by atoms with E-state index in [9.17, 15) is 0 Å². The molecule has 0 saturated carbocycles. The molecule has 1 unspecified atom stereocenters. The van der Waals surface area contributed by atoms with Crippen LogP contribution in [0, 0.1) is 0 Å². The Morgan fingerprint density at radius 2 is 1.01 bits per heavy atom. The molecular formula is C67H60N2. The number of fused-ring (bicyclic) bond motifs is 9. The maximum absolute atomic E-state index is 4.06. The van der Waals surface area contributed by atoms with Gasteiger partial charge in [0, 0.05) is 44.2 Å². The summed E-state index contributed by atoms with van der Waals surface area (Å²) >= 11 is 0. The number of nitrogens with one attached hydrogen (secondary N) is 1. The van der Waals surface area contributed by atoms with Crippen LogP contribution in [0.4, 0.5) is 11.4 Å². The van der Waals surface area contributed by atoms with Gasteiger partial charge in [0.1, 0.15) is 0 Å². The molecule has 1 atom stereocenters. The Balaban J connectivity index is 1.08. The van der Waals surface area contributed by atoms with Crippen LogP contribution in [0.25, 0.3) is 72.0 Å². The normalized spacial score (nSPS) is 15.8. The monoisotopic (exact) mass is 892 g/mol. The van der Waals surface area contributed by atoms with Crippen molar-refractivity contribution in [1.82, 2.24) is 4.57 Å². The highest BCUT2D eigenvalue weighted by molar-refractivity contribution is 6.09. The van der Waals surface area contributed by atoms with Gasteiger partial charge < -0.3 is 9.88 Å². The quantitative estimate of drug-likeness (QED) is 0.176. The van der Waals surface area contributed by atoms with Gasteiger partial charge in [0.2, 0.25) is 0 Å². The van der Waals surface area contributed by atoms with Crippen LogP contribution in [-0.2, 0) is 21.7 Å². The molecule has 1 aromatic heterocycles. The third-order valence-corrected chi connectivity index (χ3v) is 15.8. The fourth-order valence-corrected chi connectivity index (χ4v) is 12.1. The van der Waals surface area contributed by atoms with E-state index >= 15 is 0 Å². The van der Waals surface area contributed by atoms with Crippen molar-refractivity contribution in [3.63, 3.8) is 0 Å². The number of benzene rings is 9. The summed E-state index contributed by atoms with van der Waals surface area (Å²) < 4.78 is 2.41. The molecule has 0 radical (unpaired) electrons. The first-order valence-corrected chi connectivity index (χ1v) is 24.8. The summed E-state index contributed by atoms with van der Waals surface area (Å²) in [5.74, 6) is 0. The second kappa shape index (κ2) is 15.3. The van der Waals surface area contributed by atoms with E-state index in [0.717, 1.165) is 17.1 Å². The molecule has 2 nitrogen and oxygen atoms in total. The largest absolute Gasteiger partial charge is 0.355 e. The second-order valence-corrected chi connectivity index (χ2v) is 22.4. The summed E-state index contributed by atoms with van der Waals surface area (Å²) in [6.45, 7) is 21.5. The highest BCUT2D eigenvalue weighted by Gasteiger charge is 2.43. The van der Waals surface area contributed by atoms with E-state index in [0.29, 0.717) is 0 Å². The van der Waals surface area contributed by atoms with Crippen molar-refractivity contribution in [2.24, 2.45) is 0 Å². The number of rotatable bonds is 6. The molecule has 0 amide bonds. The molecule has 9 aromatic carbocycles. The third kappa shape index (κ3) is 6.52. The Kier molecular flexibility index (Phi) is 9.51. The predicted molar refractivity (Wildman–Crippen MR) is 294 cm³/mol. The minimum Gasteiger partial charge on any atom is -0.355 e. The number of nitrogens with zero attached hydrogens (tertiary/aromatic N) is 1. The zero-order chi connectivity index (χ0) is 47.6. The molecule has 2 aliphatic carbocycles. The molecule has 1 N–H and O–H groups in total. The van der Waals surface area contributed by atoms with Crippen LogP contribution in [0.3, 0.4) is 0 Å². The fraction of sp³-hybridized carbons (Fsp3) is 0.194. The molecule has 338 valence electrons. The van der Waals surface area contributed by atoms with Gasteiger partial charge in [-0.1, -0.05) is 207 Å². The molecule has 1 heterocycles. The average molecular weight is 893 g/mol. The zero-order valence-corrected chi connectivity index (χ0v) is 41.4. The van der Waals surface area contributed by atoms with E-state index in [1.807, 2.05) is 0 Å². The van der Waals surface area contributed by atoms with Crippen molar-refractivity contribution in [2.75, 3.05) is 5.32 Å². The Labute approximate surface area is 408 Å². The van der Waals surface area contributed by atoms with Crippen molar-refractivity contribution < 1.29 is 0 Å². The van der Waals surface area contributed by atoms with E-state index in [1.54, 1.807) is 0 Å². The molecule has 69 heavy (non-hydrogen) atoms. The summed E-state index contributed by atoms with van der Waals surface area (Å²) in [5, 5.41) is 6.60. The van der Waals surface area contributed by atoms with Crippen LogP contribution in [-0.4, -0.2) is 4.57 Å². The Morgan fingerprint density at radius 3 is 1.70 bits per heavy atom. The standard InChI is InChI=1S/C67H60N2/c1-64(2,3)44-39-56(65(4,5)6)62-57(40-44)66(7,8)54-38-37-47(42-31-34-46(35-32-42)69-59-29-19-15-24-50(59)51-25-16-20-30-60(51)69)61(63(54)62)52-26-14-18-28-58(52)68-45-33-36-49-48-23-13-17-27-53(48)67(9,55(49)41-45)43-21-11-10-12-22-43/h10-41,68H,1-9H3. The summed E-state index contributed by atoms with van der Waals surface area (Å²) in [5.41, 5.74) is 24.9. The molecule has 12 rings (SSSR count). The predicted octanol–water partition coefficient (Wildman–Crippen LogP) is 18.1. The second-order valence-electron chi connectivity index (χ2n) is 22.4. The minimum atomic E-state index is -0.298. The number of aromatic nitrogens is 1. The van der Waals surface area contributed by atoms with Crippen LogP contribution in [0.15, 0.2) is 194 Å². The van der Waals surface area contributed by atoms with Gasteiger partial charge in [0.05, 0.1) is 11.0 Å². The van der Waals surface area contributed by atoms with Gasteiger partial charge in [-0.05, 0) is 138 Å². The minimum absolute atomic E-state index is 0.00364. The van der Waals surface area contributed by atoms with E-state index in [-0.39, 0.29) is 21.7 Å². The lowest BCUT2D eigenvalue weighted by Gasteiger charge is -2.30. The lowest BCUT2D eigenvalue weighted by Crippen LogP contribution is -2.22. The van der Waals surface area contributed by atoms with Gasteiger partial charge in [-0.15, -0.1) is 0 Å². The molecule has 2 aliphatic rings. The zero-order valence-electron chi connectivity index (χ0n) is 41.4. The Morgan fingerprint density at radius 1 is 0.420 bits per heavy atom. The molecule has 0 spiro atoms. The van der Waals surface area contributed by atoms with Gasteiger partial charge in [-0.25, -0.2) is 0 Å². The highest BCUT2D eigenvalue weighted by atomic mass is 15.0. The van der Waals surface area contributed by atoms with Crippen LogP contribution in [0.5, 0.6) is 0 Å². The lowest BCUT2D eigenvalue weighted by atomic mass is 9.74. The third-order valence-electron chi connectivity index (χ3n) is 15.8. The lowest BCUT2D eigenvalue weighted by molar-refractivity contribution is 0.564. The number of hydrogen-bond donors (Lipinski definition) is 1. The summed E-state index contributed by atoms with van der Waals surface area (Å²) in [6, 6.07) is 72.8. The first-order valence-electron chi connectivity index (χ1n) is 24.8. The molecule has 2 heteroatoms. The van der Waals surface area contributed by atoms with Crippen molar-refractivity contribution in [3.8, 4) is 50.2 Å². The van der Waals surface area contributed by atoms with Gasteiger partial charge in [0.25, 0.3) is 0 Å². The van der Waals surface area contributed by atoms with Gasteiger partial charge >= 0.3 is 0 Å². The summed E-state index contributed by atoms with van der Waals surface area (Å²) in [6.07, 6.45) is 0. The number of hydrogen-bond acceptors (Lipinski definition) is 1. The maximum Gasteiger partial charge on any atom is 0.0541 e. The molecular weight excluding hydrogens is 833 g/mol. The fourth-order valence-electron chi connectivity index (χ4n) is 12.1. The molecule has 0 aliphatic heterocycles. The average Bonchev–Trinajstić information content (AvgIpc) is 3.91. The van der Waals surface area contributed by atoms with E-state index < -0.39 is 0 Å². The molecule has 0 saturated heterocycles. The summed E-state index contributed by atoms with van der Waals surface area (Å²) in [7, 11) is 0. The van der Waals surface area contributed by atoms with E-state index in [2.05, 4.69) is 266 Å². The van der Waals surface area contributed by atoms with Gasteiger partial charge in [0.15, 0.2) is 0 Å². The number of para-hydroxylation sites is 3. The van der Waals surface area contributed by atoms with Crippen molar-refractivity contribution in [1.29, 1.82) is 0 Å². The van der Waals surface area contributed by atoms with Gasteiger partial charge in [-0.3, -0.25) is 0 Å². The van der Waals surface area contributed by atoms with Crippen molar-refractivity contribution in [2.45, 2.75) is 84.0 Å². The van der Waals surface area contributed by atoms with E-state index in [4.69, 9.17) is 0 Å². The van der Waals surface area contributed by atoms with Crippen LogP contribution >= 0.6 is 0 Å². The van der Waals surface area contributed by atoms with Crippen LogP contribution in [0.1, 0.15) is 101 Å².